The van der Waals surface area contributed by atoms with Gasteiger partial charge in [0, 0.05) is 18.5 Å². The second kappa shape index (κ2) is 4.49. The molecule has 1 aromatic heterocycles. The van der Waals surface area contributed by atoms with Gasteiger partial charge in [0.2, 0.25) is 0 Å². The van der Waals surface area contributed by atoms with Gasteiger partial charge in [0.25, 0.3) is 0 Å². The van der Waals surface area contributed by atoms with E-state index in [4.69, 9.17) is 16.3 Å². The normalized spacial score (nSPS) is 10.8. The predicted octanol–water partition coefficient (Wildman–Crippen LogP) is 2.07. The fourth-order valence-electron chi connectivity index (χ4n) is 1.45. The zero-order chi connectivity index (χ0) is 10.7. The first-order valence-electron chi connectivity index (χ1n) is 4.78. The summed E-state index contributed by atoms with van der Waals surface area (Å²) in [6.45, 7) is 0.785. The average Bonchev–Trinajstić information content (AvgIpc) is 2.68. The molecule has 5 heteroatoms. The summed E-state index contributed by atoms with van der Waals surface area (Å²) >= 11 is 5.64. The third-order valence-corrected chi connectivity index (χ3v) is 2.49. The summed E-state index contributed by atoms with van der Waals surface area (Å²) < 4.78 is 7.00. The van der Waals surface area contributed by atoms with Gasteiger partial charge in [-0.3, -0.25) is 0 Å². The molecule has 0 fully saturated rings. The highest BCUT2D eigenvalue weighted by Crippen LogP contribution is 2.18. The Morgan fingerprint density at radius 2 is 2.33 bits per heavy atom. The highest BCUT2D eigenvalue weighted by Gasteiger charge is 2.04. The van der Waals surface area contributed by atoms with Crippen molar-refractivity contribution in [2.24, 2.45) is 0 Å². The molecule has 0 aliphatic heterocycles. The van der Waals surface area contributed by atoms with Crippen molar-refractivity contribution in [3.05, 3.63) is 18.2 Å². The van der Waals surface area contributed by atoms with Gasteiger partial charge >= 0.3 is 0 Å². The smallest absolute Gasteiger partial charge is 0.121 e. The van der Waals surface area contributed by atoms with Gasteiger partial charge in [0.15, 0.2) is 0 Å². The molecule has 80 valence electrons. The van der Waals surface area contributed by atoms with Crippen LogP contribution in [0, 0.1) is 0 Å². The average molecular weight is 226 g/mol. The molecule has 0 unspecified atom stereocenters. The Morgan fingerprint density at radius 3 is 3.07 bits per heavy atom. The number of methoxy groups -OCH3 is 1. The van der Waals surface area contributed by atoms with E-state index >= 15 is 0 Å². The third-order valence-electron chi connectivity index (χ3n) is 2.22. The van der Waals surface area contributed by atoms with Crippen molar-refractivity contribution in [2.45, 2.75) is 13.0 Å². The molecule has 0 saturated heterocycles. The van der Waals surface area contributed by atoms with E-state index in [0.29, 0.717) is 5.88 Å². The van der Waals surface area contributed by atoms with E-state index in [1.54, 1.807) is 7.11 Å². The SMILES string of the molecule is COc1ccc2nnn(CCCCl)c2c1. The van der Waals surface area contributed by atoms with E-state index in [0.717, 1.165) is 29.7 Å². The second-order valence-corrected chi connectivity index (χ2v) is 3.59. The quantitative estimate of drug-likeness (QED) is 0.748. The summed E-state index contributed by atoms with van der Waals surface area (Å²) in [6.07, 6.45) is 0.886. The van der Waals surface area contributed by atoms with E-state index in [-0.39, 0.29) is 0 Å². The van der Waals surface area contributed by atoms with Crippen LogP contribution in [0.3, 0.4) is 0 Å². The Bertz CT molecular complexity index is 455. The molecule has 4 nitrogen and oxygen atoms in total. The van der Waals surface area contributed by atoms with E-state index < -0.39 is 0 Å². The number of alkyl halides is 1. The van der Waals surface area contributed by atoms with Crippen LogP contribution in [0.1, 0.15) is 6.42 Å². The van der Waals surface area contributed by atoms with E-state index in [9.17, 15) is 0 Å². The van der Waals surface area contributed by atoms with Gasteiger partial charge in [0.1, 0.15) is 11.3 Å². The van der Waals surface area contributed by atoms with Crippen molar-refractivity contribution in [3.63, 3.8) is 0 Å². The number of aromatic nitrogens is 3. The second-order valence-electron chi connectivity index (χ2n) is 3.21. The Morgan fingerprint density at radius 1 is 1.47 bits per heavy atom. The van der Waals surface area contributed by atoms with E-state index in [2.05, 4.69) is 10.3 Å². The van der Waals surface area contributed by atoms with Gasteiger partial charge in [-0.2, -0.15) is 0 Å². The molecule has 0 atom stereocenters. The minimum Gasteiger partial charge on any atom is -0.497 e. The van der Waals surface area contributed by atoms with Crippen LogP contribution in [0.5, 0.6) is 5.75 Å². The molecule has 1 heterocycles. The zero-order valence-electron chi connectivity index (χ0n) is 8.48. The molecule has 1 aromatic carbocycles. The minimum absolute atomic E-state index is 0.630. The van der Waals surface area contributed by atoms with E-state index in [1.807, 2.05) is 22.9 Å². The Hall–Kier alpha value is -1.29. The number of halogens is 1. The number of ether oxygens (including phenoxy) is 1. The molecule has 0 saturated carbocycles. The first kappa shape index (κ1) is 10.2. The summed E-state index contributed by atoms with van der Waals surface area (Å²) in [7, 11) is 1.65. The molecule has 2 aromatic rings. The monoisotopic (exact) mass is 225 g/mol. The van der Waals surface area contributed by atoms with Gasteiger partial charge in [-0.05, 0) is 18.6 Å². The van der Waals surface area contributed by atoms with Crippen molar-refractivity contribution in [2.75, 3.05) is 13.0 Å². The Kier molecular flexibility index (Phi) is 3.06. The fraction of sp³-hybridized carbons (Fsp3) is 0.400. The van der Waals surface area contributed by atoms with Gasteiger partial charge in [-0.1, -0.05) is 5.21 Å². The van der Waals surface area contributed by atoms with Crippen molar-refractivity contribution < 1.29 is 4.74 Å². The number of hydrogen-bond acceptors (Lipinski definition) is 3. The summed E-state index contributed by atoms with van der Waals surface area (Å²) in [6, 6.07) is 5.71. The lowest BCUT2D eigenvalue weighted by molar-refractivity contribution is 0.415. The van der Waals surface area contributed by atoms with Crippen LogP contribution in [0.25, 0.3) is 11.0 Å². The number of nitrogens with zero attached hydrogens (tertiary/aromatic N) is 3. The van der Waals surface area contributed by atoms with Crippen molar-refractivity contribution in [1.82, 2.24) is 15.0 Å². The largest absolute Gasteiger partial charge is 0.497 e. The number of hydrogen-bond donors (Lipinski definition) is 0. The molecule has 2 rings (SSSR count). The highest BCUT2D eigenvalue weighted by molar-refractivity contribution is 6.17. The highest BCUT2D eigenvalue weighted by atomic mass is 35.5. The first-order valence-corrected chi connectivity index (χ1v) is 5.32. The lowest BCUT2D eigenvalue weighted by atomic mass is 10.3. The Balaban J connectivity index is 2.38. The van der Waals surface area contributed by atoms with Crippen molar-refractivity contribution in [1.29, 1.82) is 0 Å². The summed E-state index contributed by atoms with van der Waals surface area (Å²) in [5, 5.41) is 8.12. The molecule has 0 bridgehead atoms. The van der Waals surface area contributed by atoms with Crippen LogP contribution in [0.2, 0.25) is 0 Å². The number of rotatable bonds is 4. The lowest BCUT2D eigenvalue weighted by Crippen LogP contribution is -2.00. The van der Waals surface area contributed by atoms with Crippen molar-refractivity contribution in [3.8, 4) is 5.75 Å². The van der Waals surface area contributed by atoms with Crippen LogP contribution in [-0.2, 0) is 6.54 Å². The van der Waals surface area contributed by atoms with Crippen molar-refractivity contribution >= 4 is 22.6 Å². The van der Waals surface area contributed by atoms with Crippen LogP contribution in [0.15, 0.2) is 18.2 Å². The minimum atomic E-state index is 0.630. The molecule has 0 aliphatic rings. The molecular formula is C10H12ClN3O. The van der Waals surface area contributed by atoms with Gasteiger partial charge in [0.05, 0.1) is 12.6 Å². The molecule has 0 N–H and O–H groups in total. The maximum atomic E-state index is 5.64. The standard InChI is InChI=1S/C10H12ClN3O/c1-15-8-3-4-9-10(7-8)14(13-12-9)6-2-5-11/h3-4,7H,2,5-6H2,1H3. The van der Waals surface area contributed by atoms with E-state index in [1.165, 1.54) is 0 Å². The third kappa shape index (κ3) is 2.04. The van der Waals surface area contributed by atoms with Crippen LogP contribution < -0.4 is 4.74 Å². The van der Waals surface area contributed by atoms with Gasteiger partial charge < -0.3 is 4.74 Å². The summed E-state index contributed by atoms with van der Waals surface area (Å²) in [5.41, 5.74) is 1.87. The number of aryl methyl sites for hydroxylation is 1. The van der Waals surface area contributed by atoms with Crippen LogP contribution in [-0.4, -0.2) is 28.0 Å². The molecule has 0 aliphatic carbocycles. The maximum Gasteiger partial charge on any atom is 0.121 e. The van der Waals surface area contributed by atoms with Gasteiger partial charge in [-0.15, -0.1) is 16.7 Å². The summed E-state index contributed by atoms with van der Waals surface area (Å²) in [4.78, 5) is 0. The molecule has 0 spiro atoms. The lowest BCUT2D eigenvalue weighted by Gasteiger charge is -2.01. The first-order chi connectivity index (χ1) is 7.35. The molecule has 0 amide bonds. The fourth-order valence-corrected chi connectivity index (χ4v) is 1.57. The zero-order valence-corrected chi connectivity index (χ0v) is 9.24. The van der Waals surface area contributed by atoms with Gasteiger partial charge in [-0.25, -0.2) is 4.68 Å². The van der Waals surface area contributed by atoms with Crippen LogP contribution in [0.4, 0.5) is 0 Å². The Labute approximate surface area is 92.8 Å². The molecule has 0 radical (unpaired) electrons. The number of fused-ring (bicyclic) bond motifs is 1. The molecule has 15 heavy (non-hydrogen) atoms. The topological polar surface area (TPSA) is 39.9 Å². The number of benzene rings is 1. The summed E-state index contributed by atoms with van der Waals surface area (Å²) in [5.74, 6) is 1.45. The van der Waals surface area contributed by atoms with Crippen LogP contribution >= 0.6 is 11.6 Å². The predicted molar refractivity (Wildman–Crippen MR) is 59.4 cm³/mol. The maximum absolute atomic E-state index is 5.64. The molecular weight excluding hydrogens is 214 g/mol.